The summed E-state index contributed by atoms with van der Waals surface area (Å²) in [4.78, 5) is 2.89. The highest BCUT2D eigenvalue weighted by molar-refractivity contribution is 9.10. The maximum atomic E-state index is 13.5. The number of anilines is 1. The van der Waals surface area contributed by atoms with Crippen LogP contribution in [-0.2, 0) is 12.8 Å². The van der Waals surface area contributed by atoms with Gasteiger partial charge in [0.25, 0.3) is 0 Å². The van der Waals surface area contributed by atoms with Gasteiger partial charge in [-0.25, -0.2) is 4.39 Å². The number of aryl methyl sites for hydroxylation is 2. The molecule has 0 saturated carbocycles. The zero-order valence-corrected chi connectivity index (χ0v) is 13.8. The van der Waals surface area contributed by atoms with Crippen molar-refractivity contribution in [3.05, 3.63) is 49.9 Å². The van der Waals surface area contributed by atoms with Crippen LogP contribution in [0.2, 0.25) is 0 Å². The molecule has 20 heavy (non-hydrogen) atoms. The van der Waals surface area contributed by atoms with Gasteiger partial charge in [0, 0.05) is 15.4 Å². The van der Waals surface area contributed by atoms with Gasteiger partial charge in [-0.15, -0.1) is 11.3 Å². The van der Waals surface area contributed by atoms with Crippen molar-refractivity contribution in [2.45, 2.75) is 38.6 Å². The Morgan fingerprint density at radius 2 is 2.05 bits per heavy atom. The van der Waals surface area contributed by atoms with Crippen LogP contribution in [0.5, 0.6) is 0 Å². The van der Waals surface area contributed by atoms with E-state index in [0.717, 1.165) is 5.69 Å². The van der Waals surface area contributed by atoms with Crippen molar-refractivity contribution < 1.29 is 4.39 Å². The average molecular weight is 354 g/mol. The summed E-state index contributed by atoms with van der Waals surface area (Å²) >= 11 is 5.08. The monoisotopic (exact) mass is 353 g/mol. The van der Waals surface area contributed by atoms with Gasteiger partial charge in [-0.3, -0.25) is 0 Å². The van der Waals surface area contributed by atoms with E-state index in [4.69, 9.17) is 0 Å². The van der Waals surface area contributed by atoms with Crippen molar-refractivity contribution >= 4 is 33.0 Å². The Bertz CT molecular complexity index is 599. The van der Waals surface area contributed by atoms with E-state index in [1.807, 2.05) is 17.4 Å². The van der Waals surface area contributed by atoms with Gasteiger partial charge in [0.1, 0.15) is 5.82 Å². The SMILES string of the molecule is CC(Nc1ccc(Br)c(F)c1)c1cc2c(s1)CCCC2. The van der Waals surface area contributed by atoms with Gasteiger partial charge in [0.05, 0.1) is 10.5 Å². The van der Waals surface area contributed by atoms with E-state index in [0.29, 0.717) is 4.47 Å². The summed E-state index contributed by atoms with van der Waals surface area (Å²) in [6.45, 7) is 2.14. The molecule has 1 aromatic carbocycles. The Hall–Kier alpha value is -0.870. The predicted molar refractivity (Wildman–Crippen MR) is 87.1 cm³/mol. The van der Waals surface area contributed by atoms with Crippen molar-refractivity contribution in [1.82, 2.24) is 0 Å². The maximum Gasteiger partial charge on any atom is 0.139 e. The first kappa shape index (κ1) is 14.1. The molecule has 1 unspecified atom stereocenters. The molecule has 1 aromatic heterocycles. The van der Waals surface area contributed by atoms with Gasteiger partial charge in [-0.1, -0.05) is 0 Å². The Morgan fingerprint density at radius 1 is 1.25 bits per heavy atom. The first-order chi connectivity index (χ1) is 9.63. The van der Waals surface area contributed by atoms with Gasteiger partial charge in [-0.2, -0.15) is 0 Å². The van der Waals surface area contributed by atoms with E-state index < -0.39 is 0 Å². The molecule has 2 aromatic rings. The van der Waals surface area contributed by atoms with Crippen molar-refractivity contribution in [3.63, 3.8) is 0 Å². The molecule has 0 spiro atoms. The third kappa shape index (κ3) is 2.91. The highest BCUT2D eigenvalue weighted by atomic mass is 79.9. The molecule has 0 saturated heterocycles. The lowest BCUT2D eigenvalue weighted by molar-refractivity contribution is 0.621. The summed E-state index contributed by atoms with van der Waals surface area (Å²) < 4.78 is 14.0. The summed E-state index contributed by atoms with van der Waals surface area (Å²) in [7, 11) is 0. The molecule has 1 aliphatic rings. The highest BCUT2D eigenvalue weighted by Gasteiger charge is 2.16. The Labute approximate surface area is 131 Å². The Kier molecular flexibility index (Phi) is 4.13. The second kappa shape index (κ2) is 5.86. The molecular formula is C16H17BrFNS. The van der Waals surface area contributed by atoms with Crippen LogP contribution in [0.1, 0.15) is 41.1 Å². The fourth-order valence-electron chi connectivity index (χ4n) is 2.63. The minimum atomic E-state index is -0.229. The van der Waals surface area contributed by atoms with Gasteiger partial charge >= 0.3 is 0 Å². The van der Waals surface area contributed by atoms with E-state index in [9.17, 15) is 4.39 Å². The van der Waals surface area contributed by atoms with Gasteiger partial charge in [0.2, 0.25) is 0 Å². The molecule has 0 bridgehead atoms. The van der Waals surface area contributed by atoms with Gasteiger partial charge in [-0.05, 0) is 78.4 Å². The molecule has 1 aliphatic carbocycles. The zero-order chi connectivity index (χ0) is 14.1. The first-order valence-electron chi connectivity index (χ1n) is 6.96. The molecule has 0 radical (unpaired) electrons. The number of hydrogen-bond donors (Lipinski definition) is 1. The normalized spacial score (nSPS) is 15.8. The maximum absolute atomic E-state index is 13.5. The van der Waals surface area contributed by atoms with Crippen molar-refractivity contribution in [1.29, 1.82) is 0 Å². The third-order valence-corrected chi connectivity index (χ3v) is 5.81. The van der Waals surface area contributed by atoms with E-state index in [1.54, 1.807) is 10.9 Å². The van der Waals surface area contributed by atoms with E-state index >= 15 is 0 Å². The largest absolute Gasteiger partial charge is 0.378 e. The fourth-order valence-corrected chi connectivity index (χ4v) is 4.14. The van der Waals surface area contributed by atoms with Crippen LogP contribution in [0.15, 0.2) is 28.7 Å². The summed E-state index contributed by atoms with van der Waals surface area (Å²) in [5.74, 6) is -0.229. The van der Waals surface area contributed by atoms with Crippen molar-refractivity contribution in [2.24, 2.45) is 0 Å². The number of fused-ring (bicyclic) bond motifs is 1. The minimum absolute atomic E-state index is 0.214. The molecule has 0 amide bonds. The topological polar surface area (TPSA) is 12.0 Å². The van der Waals surface area contributed by atoms with Crippen molar-refractivity contribution in [2.75, 3.05) is 5.32 Å². The molecule has 106 valence electrons. The predicted octanol–water partition coefficient (Wildman–Crippen LogP) is 5.70. The molecule has 1 N–H and O–H groups in total. The van der Waals surface area contributed by atoms with Crippen LogP contribution in [0.3, 0.4) is 0 Å². The molecule has 0 aliphatic heterocycles. The summed E-state index contributed by atoms with van der Waals surface area (Å²) in [6, 6.07) is 7.72. The lowest BCUT2D eigenvalue weighted by atomic mass is 9.99. The molecular weight excluding hydrogens is 337 g/mol. The van der Waals surface area contributed by atoms with E-state index in [1.165, 1.54) is 42.2 Å². The Morgan fingerprint density at radius 3 is 2.80 bits per heavy atom. The minimum Gasteiger partial charge on any atom is -0.378 e. The molecule has 4 heteroatoms. The first-order valence-corrected chi connectivity index (χ1v) is 8.57. The lowest BCUT2D eigenvalue weighted by Gasteiger charge is -2.14. The number of hydrogen-bond acceptors (Lipinski definition) is 2. The highest BCUT2D eigenvalue weighted by Crippen LogP contribution is 2.34. The summed E-state index contributed by atoms with van der Waals surface area (Å²) in [6.07, 6.45) is 5.06. The number of thiophene rings is 1. The molecule has 1 atom stereocenters. The number of rotatable bonds is 3. The third-order valence-electron chi connectivity index (χ3n) is 3.75. The van der Waals surface area contributed by atoms with Crippen LogP contribution in [0.4, 0.5) is 10.1 Å². The van der Waals surface area contributed by atoms with Gasteiger partial charge in [0.15, 0.2) is 0 Å². The molecule has 1 heterocycles. The zero-order valence-electron chi connectivity index (χ0n) is 11.4. The molecule has 1 nitrogen and oxygen atoms in total. The second-order valence-corrected chi connectivity index (χ2v) is 7.32. The van der Waals surface area contributed by atoms with Gasteiger partial charge < -0.3 is 5.32 Å². The second-order valence-electron chi connectivity index (χ2n) is 5.30. The van der Waals surface area contributed by atoms with Crippen LogP contribution >= 0.6 is 27.3 Å². The van der Waals surface area contributed by atoms with Crippen LogP contribution in [-0.4, -0.2) is 0 Å². The van der Waals surface area contributed by atoms with E-state index in [-0.39, 0.29) is 11.9 Å². The number of halogens is 2. The van der Waals surface area contributed by atoms with Crippen molar-refractivity contribution in [3.8, 4) is 0 Å². The fraction of sp³-hybridized carbons (Fsp3) is 0.375. The molecule has 3 rings (SSSR count). The number of benzene rings is 1. The average Bonchev–Trinajstić information content (AvgIpc) is 2.87. The van der Waals surface area contributed by atoms with Crippen LogP contribution < -0.4 is 5.32 Å². The quantitative estimate of drug-likeness (QED) is 0.745. The molecule has 0 fully saturated rings. The number of nitrogens with one attached hydrogen (secondary N) is 1. The Balaban J connectivity index is 1.76. The van der Waals surface area contributed by atoms with Crippen LogP contribution in [0, 0.1) is 5.82 Å². The lowest BCUT2D eigenvalue weighted by Crippen LogP contribution is -2.05. The summed E-state index contributed by atoms with van der Waals surface area (Å²) in [5, 5.41) is 3.38. The van der Waals surface area contributed by atoms with Crippen LogP contribution in [0.25, 0.3) is 0 Å². The summed E-state index contributed by atoms with van der Waals surface area (Å²) in [5.41, 5.74) is 2.34. The standard InChI is InChI=1S/C16H17BrFNS/c1-10(19-12-6-7-13(17)14(18)9-12)16-8-11-4-2-3-5-15(11)20-16/h6-10,19H,2-5H2,1H3. The van der Waals surface area contributed by atoms with E-state index in [2.05, 4.69) is 34.2 Å². The smallest absolute Gasteiger partial charge is 0.139 e.